The molecule has 4 amide bonds. The number of urea groups is 1. The topological polar surface area (TPSA) is 105 Å². The molecule has 0 aromatic heterocycles. The monoisotopic (exact) mass is 393 g/mol. The van der Waals surface area contributed by atoms with Crippen LogP contribution in [0.15, 0.2) is 30.3 Å². The SMILES string of the molecule is CSCC[C@@H](NC(=O)c1ccccc1)C(=O)O[C@@H](C)C(=O)N1CCNC1=O. The van der Waals surface area contributed by atoms with Crippen LogP contribution >= 0.6 is 11.8 Å². The number of imide groups is 1. The third-order valence-electron chi connectivity index (χ3n) is 4.00. The first-order valence-electron chi connectivity index (χ1n) is 8.58. The number of ether oxygens (including phenoxy) is 1. The smallest absolute Gasteiger partial charge is 0.329 e. The highest BCUT2D eigenvalue weighted by Crippen LogP contribution is 2.09. The quantitative estimate of drug-likeness (QED) is 0.639. The van der Waals surface area contributed by atoms with Gasteiger partial charge in [0, 0.05) is 18.7 Å². The number of nitrogens with one attached hydrogen (secondary N) is 2. The normalized spacial score (nSPS) is 15.6. The number of benzene rings is 1. The van der Waals surface area contributed by atoms with Crippen molar-refractivity contribution in [2.45, 2.75) is 25.5 Å². The van der Waals surface area contributed by atoms with Crippen molar-refractivity contribution in [2.75, 3.05) is 25.1 Å². The third kappa shape index (κ3) is 5.72. The molecule has 2 rings (SSSR count). The Labute approximate surface area is 162 Å². The van der Waals surface area contributed by atoms with E-state index in [-0.39, 0.29) is 6.54 Å². The van der Waals surface area contributed by atoms with E-state index >= 15 is 0 Å². The van der Waals surface area contributed by atoms with Crippen LogP contribution in [0.1, 0.15) is 23.7 Å². The molecule has 0 saturated carbocycles. The zero-order valence-electron chi connectivity index (χ0n) is 15.3. The fourth-order valence-corrected chi connectivity index (χ4v) is 3.00. The summed E-state index contributed by atoms with van der Waals surface area (Å²) in [7, 11) is 0. The van der Waals surface area contributed by atoms with Crippen LogP contribution in [0.3, 0.4) is 0 Å². The molecular formula is C18H23N3O5S. The summed E-state index contributed by atoms with van der Waals surface area (Å²) in [6.45, 7) is 2.02. The Bertz CT molecular complexity index is 697. The molecule has 0 spiro atoms. The Balaban J connectivity index is 1.99. The fourth-order valence-electron chi connectivity index (χ4n) is 2.52. The first kappa shape index (κ1) is 20.8. The molecule has 1 aromatic carbocycles. The van der Waals surface area contributed by atoms with Crippen molar-refractivity contribution >= 4 is 35.6 Å². The van der Waals surface area contributed by atoms with Crippen LogP contribution in [0.4, 0.5) is 4.79 Å². The van der Waals surface area contributed by atoms with E-state index in [4.69, 9.17) is 4.74 Å². The summed E-state index contributed by atoms with van der Waals surface area (Å²) < 4.78 is 5.23. The molecule has 1 saturated heterocycles. The van der Waals surface area contributed by atoms with E-state index in [0.717, 1.165) is 4.90 Å². The Kier molecular flexibility index (Phi) is 7.66. The average Bonchev–Trinajstić information content (AvgIpc) is 3.10. The highest BCUT2D eigenvalue weighted by Gasteiger charge is 2.33. The molecular weight excluding hydrogens is 370 g/mol. The molecule has 9 heteroatoms. The highest BCUT2D eigenvalue weighted by molar-refractivity contribution is 7.98. The number of hydrogen-bond acceptors (Lipinski definition) is 6. The van der Waals surface area contributed by atoms with Crippen LogP contribution in [0.5, 0.6) is 0 Å². The Morgan fingerprint density at radius 2 is 2.00 bits per heavy atom. The number of hydrogen-bond donors (Lipinski definition) is 2. The van der Waals surface area contributed by atoms with Crippen LogP contribution < -0.4 is 10.6 Å². The van der Waals surface area contributed by atoms with Crippen LogP contribution in [0, 0.1) is 0 Å². The summed E-state index contributed by atoms with van der Waals surface area (Å²) in [5, 5.41) is 5.18. The lowest BCUT2D eigenvalue weighted by molar-refractivity contribution is -0.159. The number of carbonyl (C=O) groups excluding carboxylic acids is 4. The Hall–Kier alpha value is -2.55. The van der Waals surface area contributed by atoms with Crippen molar-refractivity contribution in [2.24, 2.45) is 0 Å². The molecule has 1 aliphatic rings. The second kappa shape index (κ2) is 9.96. The first-order chi connectivity index (χ1) is 12.9. The minimum Gasteiger partial charge on any atom is -0.451 e. The maximum atomic E-state index is 12.5. The third-order valence-corrected chi connectivity index (χ3v) is 4.64. The molecule has 27 heavy (non-hydrogen) atoms. The molecule has 1 heterocycles. The fraction of sp³-hybridized carbons (Fsp3) is 0.444. The minimum absolute atomic E-state index is 0.236. The van der Waals surface area contributed by atoms with Crippen molar-refractivity contribution < 1.29 is 23.9 Å². The van der Waals surface area contributed by atoms with Crippen LogP contribution in [0.25, 0.3) is 0 Å². The second-order valence-electron chi connectivity index (χ2n) is 5.97. The molecule has 1 aliphatic heterocycles. The van der Waals surface area contributed by atoms with Gasteiger partial charge in [-0.3, -0.25) is 14.5 Å². The van der Waals surface area contributed by atoms with Gasteiger partial charge in [-0.25, -0.2) is 9.59 Å². The lowest BCUT2D eigenvalue weighted by atomic mass is 10.1. The van der Waals surface area contributed by atoms with Gasteiger partial charge in [0.05, 0.1) is 0 Å². The zero-order chi connectivity index (χ0) is 19.8. The number of carbonyl (C=O) groups is 4. The zero-order valence-corrected chi connectivity index (χ0v) is 16.1. The largest absolute Gasteiger partial charge is 0.451 e. The number of rotatable bonds is 8. The maximum absolute atomic E-state index is 12.5. The van der Waals surface area contributed by atoms with Crippen molar-refractivity contribution in [3.63, 3.8) is 0 Å². The summed E-state index contributed by atoms with van der Waals surface area (Å²) in [5.41, 5.74) is 0.428. The number of thioether (sulfide) groups is 1. The minimum atomic E-state index is -1.12. The molecule has 1 aromatic rings. The summed E-state index contributed by atoms with van der Waals surface area (Å²) in [4.78, 5) is 49.7. The molecule has 2 N–H and O–H groups in total. The van der Waals surface area contributed by atoms with Crippen molar-refractivity contribution in [3.8, 4) is 0 Å². The van der Waals surface area contributed by atoms with Crippen LogP contribution in [-0.4, -0.2) is 66.0 Å². The van der Waals surface area contributed by atoms with Gasteiger partial charge in [0.2, 0.25) is 0 Å². The molecule has 2 atom stereocenters. The predicted octanol–water partition coefficient (Wildman–Crippen LogP) is 1.02. The molecule has 0 aliphatic carbocycles. The summed E-state index contributed by atoms with van der Waals surface area (Å²) >= 11 is 1.53. The lowest BCUT2D eigenvalue weighted by Gasteiger charge is -2.22. The van der Waals surface area contributed by atoms with Gasteiger partial charge in [-0.15, -0.1) is 0 Å². The lowest BCUT2D eigenvalue weighted by Crippen LogP contribution is -2.46. The van der Waals surface area contributed by atoms with E-state index < -0.39 is 36.0 Å². The van der Waals surface area contributed by atoms with Gasteiger partial charge in [-0.2, -0.15) is 11.8 Å². The molecule has 0 radical (unpaired) electrons. The van der Waals surface area contributed by atoms with E-state index in [9.17, 15) is 19.2 Å². The van der Waals surface area contributed by atoms with Crippen molar-refractivity contribution in [1.29, 1.82) is 0 Å². The van der Waals surface area contributed by atoms with Gasteiger partial charge < -0.3 is 15.4 Å². The standard InChI is InChI=1S/C18H23N3O5S/c1-12(16(23)21-10-9-19-18(21)25)26-17(24)14(8-11-27-2)20-15(22)13-6-4-3-5-7-13/h3-7,12,14H,8-11H2,1-2H3,(H,19,25)(H,20,22)/t12-,14+/m0/s1. The first-order valence-corrected chi connectivity index (χ1v) is 9.98. The summed E-state index contributed by atoms with van der Waals surface area (Å²) in [5.74, 6) is -1.05. The average molecular weight is 393 g/mol. The van der Waals surface area contributed by atoms with E-state index in [0.29, 0.717) is 24.3 Å². The van der Waals surface area contributed by atoms with Crippen molar-refractivity contribution in [1.82, 2.24) is 15.5 Å². The van der Waals surface area contributed by atoms with Gasteiger partial charge >= 0.3 is 12.0 Å². The maximum Gasteiger partial charge on any atom is 0.329 e. The van der Waals surface area contributed by atoms with E-state index in [1.807, 2.05) is 6.26 Å². The number of amides is 4. The predicted molar refractivity (Wildman–Crippen MR) is 101 cm³/mol. The number of esters is 1. The van der Waals surface area contributed by atoms with E-state index in [2.05, 4.69) is 10.6 Å². The van der Waals surface area contributed by atoms with Gasteiger partial charge in [-0.1, -0.05) is 18.2 Å². The van der Waals surface area contributed by atoms with Gasteiger partial charge in [0.15, 0.2) is 6.10 Å². The van der Waals surface area contributed by atoms with E-state index in [1.54, 1.807) is 30.3 Å². The van der Waals surface area contributed by atoms with Gasteiger partial charge in [-0.05, 0) is 37.5 Å². The molecule has 1 fully saturated rings. The Morgan fingerprint density at radius 1 is 1.30 bits per heavy atom. The number of nitrogens with zero attached hydrogens (tertiary/aromatic N) is 1. The van der Waals surface area contributed by atoms with Crippen LogP contribution in [0.2, 0.25) is 0 Å². The molecule has 146 valence electrons. The van der Waals surface area contributed by atoms with Gasteiger partial charge in [0.1, 0.15) is 6.04 Å². The van der Waals surface area contributed by atoms with Crippen LogP contribution in [-0.2, 0) is 14.3 Å². The second-order valence-corrected chi connectivity index (χ2v) is 6.96. The molecule has 0 bridgehead atoms. The summed E-state index contributed by atoms with van der Waals surface area (Å²) in [6, 6.07) is 7.15. The Morgan fingerprint density at radius 3 is 2.59 bits per heavy atom. The molecule has 0 unspecified atom stereocenters. The van der Waals surface area contributed by atoms with Crippen molar-refractivity contribution in [3.05, 3.63) is 35.9 Å². The van der Waals surface area contributed by atoms with E-state index in [1.165, 1.54) is 18.7 Å². The molecule has 8 nitrogen and oxygen atoms in total. The van der Waals surface area contributed by atoms with Gasteiger partial charge in [0.25, 0.3) is 11.8 Å². The highest BCUT2D eigenvalue weighted by atomic mass is 32.2. The summed E-state index contributed by atoms with van der Waals surface area (Å²) in [6.07, 6.45) is 1.13.